The third kappa shape index (κ3) is 2.33. The number of hydrogen-bond donors (Lipinski definition) is 1. The van der Waals surface area contributed by atoms with E-state index in [1.165, 1.54) is 12.1 Å². The van der Waals surface area contributed by atoms with Crippen molar-refractivity contribution in [3.63, 3.8) is 0 Å². The van der Waals surface area contributed by atoms with Crippen molar-refractivity contribution in [1.29, 1.82) is 0 Å². The van der Waals surface area contributed by atoms with Gasteiger partial charge in [0.2, 0.25) is 0 Å². The second kappa shape index (κ2) is 5.70. The van der Waals surface area contributed by atoms with Crippen molar-refractivity contribution in [1.82, 2.24) is 0 Å². The van der Waals surface area contributed by atoms with Crippen molar-refractivity contribution < 1.29 is 9.31 Å². The number of halogens is 2. The van der Waals surface area contributed by atoms with E-state index in [4.69, 9.17) is 0 Å². The van der Waals surface area contributed by atoms with Gasteiger partial charge in [0, 0.05) is 16.5 Å². The number of rotatable bonds is 2. The summed E-state index contributed by atoms with van der Waals surface area (Å²) in [6.07, 6.45) is 4.96. The molecule has 2 aromatic carbocycles. The van der Waals surface area contributed by atoms with Crippen LogP contribution in [0.2, 0.25) is 0 Å². The van der Waals surface area contributed by atoms with Gasteiger partial charge in [0.25, 0.3) is 5.69 Å². The average molecular weight is 389 g/mol. The highest BCUT2D eigenvalue weighted by molar-refractivity contribution is 9.10. The molecule has 0 aromatic heterocycles. The molecular formula is C18H14BrFN2O2. The summed E-state index contributed by atoms with van der Waals surface area (Å²) in [7, 11) is 0. The van der Waals surface area contributed by atoms with Gasteiger partial charge < -0.3 is 5.32 Å². The van der Waals surface area contributed by atoms with Crippen LogP contribution in [0.1, 0.15) is 29.5 Å². The van der Waals surface area contributed by atoms with E-state index < -0.39 is 0 Å². The van der Waals surface area contributed by atoms with Crippen molar-refractivity contribution in [2.75, 3.05) is 5.32 Å². The summed E-state index contributed by atoms with van der Waals surface area (Å²) in [5, 5.41) is 14.6. The van der Waals surface area contributed by atoms with E-state index in [0.29, 0.717) is 15.7 Å². The lowest BCUT2D eigenvalue weighted by molar-refractivity contribution is -0.385. The Morgan fingerprint density at radius 1 is 1.25 bits per heavy atom. The Labute approximate surface area is 146 Å². The topological polar surface area (TPSA) is 55.2 Å². The van der Waals surface area contributed by atoms with Gasteiger partial charge in [0.1, 0.15) is 5.82 Å². The van der Waals surface area contributed by atoms with Gasteiger partial charge in [-0.3, -0.25) is 10.1 Å². The molecule has 0 saturated carbocycles. The molecule has 0 unspecified atom stereocenters. The quantitative estimate of drug-likeness (QED) is 0.430. The van der Waals surface area contributed by atoms with E-state index in [2.05, 4.69) is 33.4 Å². The van der Waals surface area contributed by atoms with Crippen LogP contribution in [0.3, 0.4) is 0 Å². The average Bonchev–Trinajstić information content (AvgIpc) is 3.04. The number of nitrogens with one attached hydrogen (secondary N) is 1. The van der Waals surface area contributed by atoms with Crippen LogP contribution in [-0.2, 0) is 0 Å². The zero-order chi connectivity index (χ0) is 16.8. The Morgan fingerprint density at radius 3 is 2.83 bits per heavy atom. The lowest BCUT2D eigenvalue weighted by Gasteiger charge is -2.37. The number of nitro benzene ring substituents is 1. The molecule has 3 atom stereocenters. The number of nitrogens with zero attached hydrogens (tertiary/aromatic N) is 1. The van der Waals surface area contributed by atoms with Gasteiger partial charge in [-0.05, 0) is 30.0 Å². The van der Waals surface area contributed by atoms with Crippen molar-refractivity contribution in [3.8, 4) is 0 Å². The Bertz CT molecular complexity index is 868. The third-order valence-corrected chi connectivity index (χ3v) is 5.31. The van der Waals surface area contributed by atoms with Crippen LogP contribution < -0.4 is 5.32 Å². The van der Waals surface area contributed by atoms with Gasteiger partial charge >= 0.3 is 0 Å². The molecule has 24 heavy (non-hydrogen) atoms. The third-order valence-electron chi connectivity index (χ3n) is 4.85. The van der Waals surface area contributed by atoms with Crippen LogP contribution in [-0.4, -0.2) is 4.92 Å². The first-order valence-electron chi connectivity index (χ1n) is 7.71. The zero-order valence-corrected chi connectivity index (χ0v) is 14.2. The minimum absolute atomic E-state index is 0.0538. The minimum Gasteiger partial charge on any atom is -0.375 e. The molecule has 0 saturated heterocycles. The lowest BCUT2D eigenvalue weighted by Crippen LogP contribution is -2.30. The Hall–Kier alpha value is -2.21. The summed E-state index contributed by atoms with van der Waals surface area (Å²) >= 11 is 3.35. The van der Waals surface area contributed by atoms with E-state index in [1.54, 1.807) is 18.2 Å². The number of benzene rings is 2. The molecule has 1 N–H and O–H groups in total. The molecule has 1 aliphatic heterocycles. The molecule has 2 aliphatic rings. The maximum Gasteiger partial charge on any atom is 0.274 e. The first kappa shape index (κ1) is 15.3. The predicted molar refractivity (Wildman–Crippen MR) is 93.5 cm³/mol. The summed E-state index contributed by atoms with van der Waals surface area (Å²) in [6.45, 7) is 0. The summed E-state index contributed by atoms with van der Waals surface area (Å²) in [5.74, 6) is -0.160. The summed E-state index contributed by atoms with van der Waals surface area (Å²) in [6, 6.07) is 9.74. The van der Waals surface area contributed by atoms with Gasteiger partial charge in [-0.25, -0.2) is 4.39 Å². The Kier molecular flexibility index (Phi) is 3.64. The van der Waals surface area contributed by atoms with Gasteiger partial charge in [-0.15, -0.1) is 0 Å². The summed E-state index contributed by atoms with van der Waals surface area (Å²) in [4.78, 5) is 11.0. The maximum atomic E-state index is 14.5. The first-order valence-corrected chi connectivity index (χ1v) is 8.51. The maximum absolute atomic E-state index is 14.5. The summed E-state index contributed by atoms with van der Waals surface area (Å²) < 4.78 is 15.2. The smallest absolute Gasteiger partial charge is 0.274 e. The van der Waals surface area contributed by atoms with Crippen LogP contribution in [0.4, 0.5) is 15.8 Å². The molecule has 2 aromatic rings. The lowest BCUT2D eigenvalue weighted by atomic mass is 9.76. The van der Waals surface area contributed by atoms with Crippen LogP contribution in [0.5, 0.6) is 0 Å². The molecule has 1 aliphatic carbocycles. The molecule has 1 heterocycles. The normalized spacial score (nSPS) is 24.2. The van der Waals surface area contributed by atoms with Crippen molar-refractivity contribution >= 4 is 27.3 Å². The Balaban J connectivity index is 1.86. The molecule has 4 nitrogen and oxygen atoms in total. The van der Waals surface area contributed by atoms with E-state index in [1.807, 2.05) is 6.07 Å². The predicted octanol–water partition coefficient (Wildman–Crippen LogP) is 5.32. The molecule has 122 valence electrons. The highest BCUT2D eigenvalue weighted by Gasteiger charge is 2.41. The number of allylic oxidation sites excluding steroid dienone is 2. The van der Waals surface area contributed by atoms with Crippen molar-refractivity contribution in [3.05, 3.63) is 80.1 Å². The zero-order valence-electron chi connectivity index (χ0n) is 12.6. The second-order valence-corrected chi connectivity index (χ2v) is 7.06. The van der Waals surface area contributed by atoms with Crippen molar-refractivity contribution in [2.45, 2.75) is 18.4 Å². The highest BCUT2D eigenvalue weighted by atomic mass is 79.9. The second-order valence-electron chi connectivity index (χ2n) is 6.14. The number of hydrogen-bond acceptors (Lipinski definition) is 3. The fraction of sp³-hybridized carbons (Fsp3) is 0.222. The highest BCUT2D eigenvalue weighted by Crippen LogP contribution is 2.52. The van der Waals surface area contributed by atoms with E-state index in [0.717, 1.165) is 12.0 Å². The molecule has 0 fully saturated rings. The van der Waals surface area contributed by atoms with E-state index >= 15 is 0 Å². The molecular weight excluding hydrogens is 375 g/mol. The number of para-hydroxylation sites is 1. The molecule has 0 amide bonds. The first-order chi connectivity index (χ1) is 11.6. The standard InChI is InChI=1S/C18H14BrFN2O2/c19-10-8-14-11-5-3-6-12(11)17(21-18(14)15(20)9-10)13-4-1-2-7-16(13)22(23)24/h1-5,7-9,11-12,17,21H,6H2/t11-,12+,17-/m1/s1. The van der Waals surface area contributed by atoms with Gasteiger partial charge in [0.15, 0.2) is 0 Å². The van der Waals surface area contributed by atoms with E-state index in [-0.39, 0.29) is 34.3 Å². The summed E-state index contributed by atoms with van der Waals surface area (Å²) in [5.41, 5.74) is 2.01. The number of fused-ring (bicyclic) bond motifs is 3. The Morgan fingerprint density at radius 2 is 2.04 bits per heavy atom. The SMILES string of the molecule is O=[N+]([O-])c1ccccc1[C@@H]1Nc2c(F)cc(Br)cc2[C@@H]2C=CC[C@@H]21. The van der Waals surface area contributed by atoms with Crippen LogP contribution in [0.25, 0.3) is 0 Å². The van der Waals surface area contributed by atoms with Crippen LogP contribution in [0.15, 0.2) is 53.0 Å². The molecule has 4 rings (SSSR count). The fourth-order valence-corrected chi connectivity index (χ4v) is 4.29. The number of nitro groups is 1. The largest absolute Gasteiger partial charge is 0.375 e. The molecule has 0 bridgehead atoms. The van der Waals surface area contributed by atoms with Gasteiger partial charge in [0.05, 0.1) is 22.2 Å². The van der Waals surface area contributed by atoms with Gasteiger partial charge in [-0.1, -0.05) is 46.3 Å². The van der Waals surface area contributed by atoms with Crippen LogP contribution >= 0.6 is 15.9 Å². The number of anilines is 1. The van der Waals surface area contributed by atoms with Crippen LogP contribution in [0, 0.1) is 21.8 Å². The molecule has 0 spiro atoms. The minimum atomic E-state index is -0.373. The molecule has 6 heteroatoms. The molecule has 0 radical (unpaired) electrons. The van der Waals surface area contributed by atoms with E-state index in [9.17, 15) is 14.5 Å². The fourth-order valence-electron chi connectivity index (χ4n) is 3.85. The van der Waals surface area contributed by atoms with Crippen molar-refractivity contribution in [2.24, 2.45) is 5.92 Å². The monoisotopic (exact) mass is 388 g/mol. The van der Waals surface area contributed by atoms with Gasteiger partial charge in [-0.2, -0.15) is 0 Å².